The molecule has 278 valence electrons. The maximum absolute atomic E-state index is 2.61. The van der Waals surface area contributed by atoms with Gasteiger partial charge in [-0.05, 0) is 134 Å². The summed E-state index contributed by atoms with van der Waals surface area (Å²) in [7, 11) is -1.51. The van der Waals surface area contributed by atoms with Crippen LogP contribution in [0.25, 0.3) is 118 Å². The molecule has 0 N–H and O–H groups in total. The Kier molecular flexibility index (Phi) is 7.52. The molecule has 0 bridgehead atoms. The van der Waals surface area contributed by atoms with Crippen LogP contribution in [-0.2, 0) is 0 Å². The Balaban J connectivity index is 1.29. The van der Waals surface area contributed by atoms with E-state index in [4.69, 9.17) is 0 Å². The fourth-order valence-electron chi connectivity index (χ4n) is 10.2. The first kappa shape index (κ1) is 34.0. The molecule has 13 aromatic rings. The standard InChI is InChI=1S/C58H36P2/c1-3-19-43(20-4-1)59-53-25-13-11-23-45(53)47-33-49-51(35-55(47)59)57(41-29-27-37-15-7-9-17-39(37)31-41)50-34-48-46-24-12-14-26-54(46)60(44-21-5-2-6-22-44)56(48)36-52(50)58(49)42-30-28-38-16-8-10-18-40(38)32-42/h1-36H. The largest absolute Gasteiger partial charge is 0.0772 e. The van der Waals surface area contributed by atoms with Crippen LogP contribution in [0.3, 0.4) is 0 Å². The second-order valence-corrected chi connectivity index (χ2v) is 20.4. The molecule has 0 amide bonds. The van der Waals surface area contributed by atoms with Crippen molar-refractivity contribution in [3.05, 3.63) is 218 Å². The van der Waals surface area contributed by atoms with Crippen LogP contribution in [0.1, 0.15) is 0 Å². The third-order valence-electron chi connectivity index (χ3n) is 12.8. The summed E-state index contributed by atoms with van der Waals surface area (Å²) < 4.78 is 0. The predicted molar refractivity (Wildman–Crippen MR) is 265 cm³/mol. The zero-order chi connectivity index (χ0) is 39.3. The van der Waals surface area contributed by atoms with Crippen LogP contribution in [0.15, 0.2) is 218 Å². The predicted octanol–water partition coefficient (Wildman–Crippen LogP) is 18.2. The minimum absolute atomic E-state index is 0.754. The van der Waals surface area contributed by atoms with Crippen LogP contribution in [0.5, 0.6) is 0 Å². The van der Waals surface area contributed by atoms with Crippen LogP contribution in [-0.4, -0.2) is 0 Å². The summed E-state index contributed by atoms with van der Waals surface area (Å²) in [5.41, 5.74) is 5.14. The van der Waals surface area contributed by atoms with E-state index in [2.05, 4.69) is 218 Å². The Morgan fingerprint density at radius 2 is 0.583 bits per heavy atom. The third-order valence-corrected chi connectivity index (χ3v) is 17.9. The van der Waals surface area contributed by atoms with Gasteiger partial charge in [-0.2, -0.15) is 0 Å². The number of benzene rings is 11. The van der Waals surface area contributed by atoms with Crippen LogP contribution < -0.4 is 0 Å². The summed E-state index contributed by atoms with van der Waals surface area (Å²) in [5, 5.41) is 24.3. The Hall–Kier alpha value is -6.94. The van der Waals surface area contributed by atoms with E-state index >= 15 is 0 Å². The fourth-order valence-corrected chi connectivity index (χ4v) is 15.5. The minimum Gasteiger partial charge on any atom is -0.0772 e. The molecule has 0 fully saturated rings. The molecule has 2 heterocycles. The number of hydrogen-bond donors (Lipinski definition) is 0. The van der Waals surface area contributed by atoms with Crippen molar-refractivity contribution in [2.45, 2.75) is 0 Å². The molecular weight excluding hydrogens is 759 g/mol. The molecule has 0 aliphatic rings. The second kappa shape index (κ2) is 13.3. The van der Waals surface area contributed by atoms with Gasteiger partial charge in [-0.15, -0.1) is 0 Å². The molecule has 2 heteroatoms. The van der Waals surface area contributed by atoms with Gasteiger partial charge in [-0.3, -0.25) is 0 Å². The molecule has 2 atom stereocenters. The molecule has 0 radical (unpaired) electrons. The lowest BCUT2D eigenvalue weighted by atomic mass is 9.84. The van der Waals surface area contributed by atoms with Gasteiger partial charge in [0.2, 0.25) is 0 Å². The van der Waals surface area contributed by atoms with Crippen LogP contribution in [0.4, 0.5) is 0 Å². The summed E-state index contributed by atoms with van der Waals surface area (Å²) in [5.74, 6) is 0. The molecule has 0 nitrogen and oxygen atoms in total. The van der Waals surface area contributed by atoms with Gasteiger partial charge in [0.15, 0.2) is 0 Å². The Bertz CT molecular complexity index is 3610. The molecule has 0 aliphatic carbocycles. The summed E-state index contributed by atoms with van der Waals surface area (Å²) >= 11 is 0. The van der Waals surface area contributed by atoms with Crippen molar-refractivity contribution in [2.24, 2.45) is 0 Å². The van der Waals surface area contributed by atoms with Gasteiger partial charge in [-0.25, -0.2) is 0 Å². The highest BCUT2D eigenvalue weighted by atomic mass is 31.1. The SMILES string of the molecule is c1ccc(-p2c3ccccc3c3cc4c(-c5ccc6ccccc6c5)c5cc6c(cc5c(-c5ccc7ccccc7c5)c4cc32)c2ccccc2p6-c2ccccc2)cc1. The Labute approximate surface area is 349 Å². The molecule has 2 aromatic heterocycles. The highest BCUT2D eigenvalue weighted by Gasteiger charge is 2.24. The number of rotatable bonds is 4. The molecule has 0 saturated heterocycles. The van der Waals surface area contributed by atoms with E-state index in [1.54, 1.807) is 0 Å². The number of hydrogen-bond acceptors (Lipinski definition) is 0. The van der Waals surface area contributed by atoms with E-state index in [9.17, 15) is 0 Å². The Morgan fingerprint density at radius 1 is 0.217 bits per heavy atom. The molecule has 13 rings (SSSR count). The van der Waals surface area contributed by atoms with E-state index in [-0.39, 0.29) is 0 Å². The summed E-state index contributed by atoms with van der Waals surface area (Å²) in [6.45, 7) is 0. The maximum Gasteiger partial charge on any atom is 0.00749 e. The van der Waals surface area contributed by atoms with Gasteiger partial charge in [0, 0.05) is 20.5 Å². The van der Waals surface area contributed by atoms with Crippen molar-refractivity contribution >= 4 is 100 Å². The molecular formula is C58H36P2. The molecule has 0 saturated carbocycles. The smallest absolute Gasteiger partial charge is 0.00749 e. The van der Waals surface area contributed by atoms with Gasteiger partial charge in [0.1, 0.15) is 0 Å². The van der Waals surface area contributed by atoms with Crippen molar-refractivity contribution in [3.63, 3.8) is 0 Å². The minimum atomic E-state index is -0.754. The average Bonchev–Trinajstić information content (AvgIpc) is 3.81. The average molecular weight is 795 g/mol. The molecule has 2 unspecified atom stereocenters. The van der Waals surface area contributed by atoms with Gasteiger partial charge in [-0.1, -0.05) is 197 Å². The highest BCUT2D eigenvalue weighted by Crippen LogP contribution is 2.60. The van der Waals surface area contributed by atoms with Crippen LogP contribution in [0, 0.1) is 0 Å². The lowest BCUT2D eigenvalue weighted by Gasteiger charge is -2.20. The molecule has 0 aliphatic heterocycles. The molecule has 60 heavy (non-hydrogen) atoms. The normalized spacial score (nSPS) is 12.6. The van der Waals surface area contributed by atoms with Gasteiger partial charge >= 0.3 is 0 Å². The first-order chi connectivity index (χ1) is 29.8. The maximum atomic E-state index is 2.61. The van der Waals surface area contributed by atoms with E-state index in [1.807, 2.05) is 0 Å². The van der Waals surface area contributed by atoms with Crippen molar-refractivity contribution in [3.8, 4) is 32.9 Å². The second-order valence-electron chi connectivity index (χ2n) is 16.1. The van der Waals surface area contributed by atoms with Crippen LogP contribution in [0.2, 0.25) is 0 Å². The Morgan fingerprint density at radius 3 is 1.03 bits per heavy atom. The summed E-state index contributed by atoms with van der Waals surface area (Å²) in [6.07, 6.45) is 0. The van der Waals surface area contributed by atoms with Crippen molar-refractivity contribution in [1.82, 2.24) is 0 Å². The molecule has 11 aromatic carbocycles. The quantitative estimate of drug-likeness (QED) is 0.156. The van der Waals surface area contributed by atoms with Gasteiger partial charge < -0.3 is 0 Å². The summed E-state index contributed by atoms with van der Waals surface area (Å²) in [6, 6.07) is 82.9. The topological polar surface area (TPSA) is 0 Å². The van der Waals surface area contributed by atoms with Crippen molar-refractivity contribution < 1.29 is 0 Å². The van der Waals surface area contributed by atoms with E-state index in [1.165, 1.54) is 118 Å². The van der Waals surface area contributed by atoms with Gasteiger partial charge in [0.25, 0.3) is 0 Å². The lowest BCUT2D eigenvalue weighted by molar-refractivity contribution is 1.70. The zero-order valence-electron chi connectivity index (χ0n) is 32.7. The molecule has 0 spiro atoms. The van der Waals surface area contributed by atoms with E-state index < -0.39 is 15.1 Å². The fraction of sp³-hybridized carbons (Fsp3) is 0. The van der Waals surface area contributed by atoms with E-state index in [0.29, 0.717) is 0 Å². The summed E-state index contributed by atoms with van der Waals surface area (Å²) in [4.78, 5) is 0. The van der Waals surface area contributed by atoms with Crippen molar-refractivity contribution in [1.29, 1.82) is 0 Å². The monoisotopic (exact) mass is 794 g/mol. The first-order valence-electron chi connectivity index (χ1n) is 20.8. The zero-order valence-corrected chi connectivity index (χ0v) is 34.5. The number of fused-ring (bicyclic) bond motifs is 10. The lowest BCUT2D eigenvalue weighted by Crippen LogP contribution is -1.92. The third kappa shape index (κ3) is 5.06. The van der Waals surface area contributed by atoms with E-state index in [0.717, 1.165) is 0 Å². The van der Waals surface area contributed by atoms with Crippen molar-refractivity contribution in [2.75, 3.05) is 0 Å². The highest BCUT2D eigenvalue weighted by molar-refractivity contribution is 7.68. The first-order valence-corrected chi connectivity index (χ1v) is 23.4. The van der Waals surface area contributed by atoms with Crippen LogP contribution >= 0.6 is 15.1 Å². The van der Waals surface area contributed by atoms with Gasteiger partial charge in [0.05, 0.1) is 0 Å².